The Labute approximate surface area is 166 Å². The predicted octanol–water partition coefficient (Wildman–Crippen LogP) is 1.86. The lowest BCUT2D eigenvalue weighted by atomic mass is 9.95. The molecule has 6 nitrogen and oxygen atoms in total. The summed E-state index contributed by atoms with van der Waals surface area (Å²) in [5.74, 6) is -0.775. The number of nitrogens with zero attached hydrogens (tertiary/aromatic N) is 2. The van der Waals surface area contributed by atoms with Crippen molar-refractivity contribution < 1.29 is 17.6 Å². The van der Waals surface area contributed by atoms with Gasteiger partial charge in [-0.1, -0.05) is 12.1 Å². The number of halogens is 2. The molecule has 1 N–H and O–H groups in total. The summed E-state index contributed by atoms with van der Waals surface area (Å²) < 4.78 is 40.5. The topological polar surface area (TPSA) is 69.7 Å². The number of carbonyl (C=O) groups excluding carboxylic acids is 1. The first-order chi connectivity index (χ1) is 12.4. The first-order valence-electron chi connectivity index (χ1n) is 9.14. The molecule has 2 aliphatic rings. The standard InChI is InChI=1S/C18H26FN3O3S.ClH/c1-20-15-5-4-10-21(13-15)18(23)14-8-11-22(12-9-14)26(24,25)17-7-3-2-6-16(17)19;/h2-3,6-7,14-15,20H,4-5,8-13H2,1H3;1H. The molecule has 1 amide bonds. The van der Waals surface area contributed by atoms with Crippen LogP contribution in [-0.4, -0.2) is 62.8 Å². The first kappa shape index (κ1) is 22.1. The van der Waals surface area contributed by atoms with E-state index < -0.39 is 15.8 Å². The molecule has 27 heavy (non-hydrogen) atoms. The molecule has 0 bridgehead atoms. The molecule has 0 aromatic heterocycles. The lowest BCUT2D eigenvalue weighted by Crippen LogP contribution is -2.50. The fourth-order valence-electron chi connectivity index (χ4n) is 3.81. The van der Waals surface area contributed by atoms with Gasteiger partial charge in [0.15, 0.2) is 0 Å². The van der Waals surface area contributed by atoms with E-state index in [4.69, 9.17) is 0 Å². The molecule has 3 rings (SSSR count). The Balaban J connectivity index is 0.00000261. The van der Waals surface area contributed by atoms with E-state index in [0.29, 0.717) is 25.4 Å². The smallest absolute Gasteiger partial charge is 0.245 e. The van der Waals surface area contributed by atoms with Crippen molar-refractivity contribution in [2.24, 2.45) is 5.92 Å². The molecule has 1 aromatic carbocycles. The van der Waals surface area contributed by atoms with Crippen LogP contribution in [0.4, 0.5) is 4.39 Å². The number of amides is 1. The van der Waals surface area contributed by atoms with E-state index in [1.165, 1.54) is 22.5 Å². The number of nitrogens with one attached hydrogen (secondary N) is 1. The minimum Gasteiger partial charge on any atom is -0.341 e. The summed E-state index contributed by atoms with van der Waals surface area (Å²) in [5.41, 5.74) is 0. The second kappa shape index (κ2) is 9.32. The fourth-order valence-corrected chi connectivity index (χ4v) is 5.34. The fraction of sp³-hybridized carbons (Fsp3) is 0.611. The van der Waals surface area contributed by atoms with E-state index in [1.807, 2.05) is 11.9 Å². The number of rotatable bonds is 4. The maximum Gasteiger partial charge on any atom is 0.245 e. The van der Waals surface area contributed by atoms with Gasteiger partial charge in [0.05, 0.1) is 0 Å². The third-order valence-corrected chi connectivity index (χ3v) is 7.33. The number of hydrogen-bond acceptors (Lipinski definition) is 4. The number of likely N-dealkylation sites (N-methyl/N-ethyl adjacent to an activating group) is 1. The van der Waals surface area contributed by atoms with Crippen molar-refractivity contribution in [1.82, 2.24) is 14.5 Å². The van der Waals surface area contributed by atoms with Gasteiger partial charge in [-0.05, 0) is 44.9 Å². The molecule has 0 spiro atoms. The van der Waals surface area contributed by atoms with Gasteiger partial charge in [0.25, 0.3) is 0 Å². The van der Waals surface area contributed by atoms with Gasteiger partial charge in [0, 0.05) is 38.1 Å². The van der Waals surface area contributed by atoms with E-state index in [2.05, 4.69) is 5.32 Å². The maximum absolute atomic E-state index is 13.9. The maximum atomic E-state index is 13.9. The van der Waals surface area contributed by atoms with Crippen LogP contribution in [0.3, 0.4) is 0 Å². The van der Waals surface area contributed by atoms with Crippen LogP contribution in [-0.2, 0) is 14.8 Å². The molecular weight excluding hydrogens is 393 g/mol. The Morgan fingerprint density at radius 3 is 2.44 bits per heavy atom. The van der Waals surface area contributed by atoms with Crippen LogP contribution < -0.4 is 5.32 Å². The highest BCUT2D eigenvalue weighted by molar-refractivity contribution is 7.89. The van der Waals surface area contributed by atoms with Crippen LogP contribution in [0.1, 0.15) is 25.7 Å². The zero-order valence-electron chi connectivity index (χ0n) is 15.4. The molecule has 152 valence electrons. The van der Waals surface area contributed by atoms with E-state index in [1.54, 1.807) is 0 Å². The highest BCUT2D eigenvalue weighted by Crippen LogP contribution is 2.27. The quantitative estimate of drug-likeness (QED) is 0.808. The number of carbonyl (C=O) groups is 1. The van der Waals surface area contributed by atoms with Crippen LogP contribution in [0.25, 0.3) is 0 Å². The summed E-state index contributed by atoms with van der Waals surface area (Å²) in [6, 6.07) is 5.75. The summed E-state index contributed by atoms with van der Waals surface area (Å²) in [6.45, 7) is 1.97. The summed E-state index contributed by atoms with van der Waals surface area (Å²) in [4.78, 5) is 14.4. The van der Waals surface area contributed by atoms with Crippen LogP contribution >= 0.6 is 12.4 Å². The van der Waals surface area contributed by atoms with Gasteiger partial charge in [-0.25, -0.2) is 12.8 Å². The van der Waals surface area contributed by atoms with Gasteiger partial charge >= 0.3 is 0 Å². The Morgan fingerprint density at radius 1 is 1.15 bits per heavy atom. The van der Waals surface area contributed by atoms with E-state index in [-0.39, 0.29) is 42.2 Å². The van der Waals surface area contributed by atoms with Crippen LogP contribution in [0.5, 0.6) is 0 Å². The molecule has 2 heterocycles. The number of hydrogen-bond donors (Lipinski definition) is 1. The Hall–Kier alpha value is -1.22. The minimum atomic E-state index is -3.86. The second-order valence-corrected chi connectivity index (χ2v) is 8.93. The molecule has 1 aromatic rings. The molecule has 0 saturated carbocycles. The average Bonchev–Trinajstić information content (AvgIpc) is 2.67. The van der Waals surface area contributed by atoms with Crippen LogP contribution in [0.15, 0.2) is 29.2 Å². The van der Waals surface area contributed by atoms with Crippen molar-refractivity contribution in [2.45, 2.75) is 36.6 Å². The highest BCUT2D eigenvalue weighted by Gasteiger charge is 2.35. The van der Waals surface area contributed by atoms with Gasteiger partial charge in [-0.2, -0.15) is 4.31 Å². The lowest BCUT2D eigenvalue weighted by molar-refractivity contribution is -0.138. The molecule has 2 fully saturated rings. The summed E-state index contributed by atoms with van der Waals surface area (Å²) in [5, 5.41) is 3.23. The number of likely N-dealkylation sites (tertiary alicyclic amines) is 1. The Bertz CT molecular complexity index is 754. The van der Waals surface area contributed by atoms with Crippen molar-refractivity contribution in [2.75, 3.05) is 33.2 Å². The van der Waals surface area contributed by atoms with Crippen molar-refractivity contribution in [3.63, 3.8) is 0 Å². The third kappa shape index (κ3) is 4.80. The molecule has 9 heteroatoms. The van der Waals surface area contributed by atoms with E-state index in [0.717, 1.165) is 25.5 Å². The van der Waals surface area contributed by atoms with Crippen LogP contribution in [0, 0.1) is 11.7 Å². The molecule has 0 radical (unpaired) electrons. The second-order valence-electron chi connectivity index (χ2n) is 7.02. The van der Waals surface area contributed by atoms with E-state index >= 15 is 0 Å². The molecule has 1 unspecified atom stereocenters. The molecule has 2 aliphatic heterocycles. The van der Waals surface area contributed by atoms with Crippen LogP contribution in [0.2, 0.25) is 0 Å². The summed E-state index contributed by atoms with van der Waals surface area (Å²) >= 11 is 0. The largest absolute Gasteiger partial charge is 0.341 e. The van der Waals surface area contributed by atoms with Crippen molar-refractivity contribution in [3.05, 3.63) is 30.1 Å². The summed E-state index contributed by atoms with van der Waals surface area (Å²) in [7, 11) is -1.95. The zero-order chi connectivity index (χ0) is 18.7. The highest BCUT2D eigenvalue weighted by atomic mass is 35.5. The SMILES string of the molecule is CNC1CCCN(C(=O)C2CCN(S(=O)(=O)c3ccccc3F)CC2)C1.Cl. The van der Waals surface area contributed by atoms with Gasteiger partial charge in [-0.3, -0.25) is 4.79 Å². The van der Waals surface area contributed by atoms with Gasteiger partial charge in [0.1, 0.15) is 10.7 Å². The summed E-state index contributed by atoms with van der Waals surface area (Å²) in [6.07, 6.45) is 3.01. The molecule has 1 atom stereocenters. The van der Waals surface area contributed by atoms with Gasteiger partial charge in [0.2, 0.25) is 15.9 Å². The Morgan fingerprint density at radius 2 is 1.81 bits per heavy atom. The third-order valence-electron chi connectivity index (χ3n) is 5.40. The first-order valence-corrected chi connectivity index (χ1v) is 10.6. The minimum absolute atomic E-state index is 0. The number of sulfonamides is 1. The van der Waals surface area contributed by atoms with Gasteiger partial charge < -0.3 is 10.2 Å². The number of piperidine rings is 2. The van der Waals surface area contributed by atoms with E-state index in [9.17, 15) is 17.6 Å². The molecule has 2 saturated heterocycles. The molecule has 0 aliphatic carbocycles. The van der Waals surface area contributed by atoms with Crippen molar-refractivity contribution in [3.8, 4) is 0 Å². The lowest BCUT2D eigenvalue weighted by Gasteiger charge is -2.37. The van der Waals surface area contributed by atoms with Gasteiger partial charge in [-0.15, -0.1) is 12.4 Å². The predicted molar refractivity (Wildman–Crippen MR) is 104 cm³/mol. The molecular formula is C18H27ClFN3O3S. The van der Waals surface area contributed by atoms with Crippen molar-refractivity contribution in [1.29, 1.82) is 0 Å². The van der Waals surface area contributed by atoms with Crippen molar-refractivity contribution >= 4 is 28.3 Å². The Kier molecular flexibility index (Phi) is 7.62. The normalized spacial score (nSPS) is 22.3. The zero-order valence-corrected chi connectivity index (χ0v) is 17.1. The average molecular weight is 420 g/mol. The monoisotopic (exact) mass is 419 g/mol. The number of benzene rings is 1.